The van der Waals surface area contributed by atoms with E-state index >= 15 is 0 Å². The molecule has 0 aliphatic carbocycles. The normalized spacial score (nSPS) is 21.3. The lowest BCUT2D eigenvalue weighted by molar-refractivity contribution is -0.305. The minimum absolute atomic E-state index is 0.187. The van der Waals surface area contributed by atoms with Crippen LogP contribution in [0.5, 0.6) is 0 Å². The highest BCUT2D eigenvalue weighted by Gasteiger charge is 2.44. The number of carbonyl (C=O) groups is 2. The topological polar surface area (TPSA) is 152 Å². The lowest BCUT2D eigenvalue weighted by Crippen LogP contribution is -2.59. The van der Waals surface area contributed by atoms with Gasteiger partial charge in [0.2, 0.25) is 0 Å². The Morgan fingerprint density at radius 1 is 0.544 bits per heavy atom. The molecule has 0 aromatic heterocycles. The van der Waals surface area contributed by atoms with Crippen molar-refractivity contribution >= 4 is 11.9 Å². The van der Waals surface area contributed by atoms with Crippen molar-refractivity contribution in [3.05, 3.63) is 97.2 Å². The minimum atomic E-state index is -1.61. The average Bonchev–Trinajstić information content (AvgIpc) is 3.21. The summed E-state index contributed by atoms with van der Waals surface area (Å²) in [5, 5.41) is 40.0. The summed E-state index contributed by atoms with van der Waals surface area (Å²) in [6, 6.07) is 0. The van der Waals surface area contributed by atoms with Gasteiger partial charge in [0.05, 0.1) is 13.2 Å². The second kappa shape index (κ2) is 36.9. The van der Waals surface area contributed by atoms with E-state index in [1.165, 1.54) is 0 Å². The predicted molar refractivity (Wildman–Crippen MR) is 228 cm³/mol. The molecule has 0 saturated carbocycles. The van der Waals surface area contributed by atoms with Gasteiger partial charge >= 0.3 is 11.9 Å². The molecule has 0 spiro atoms. The van der Waals surface area contributed by atoms with Gasteiger partial charge < -0.3 is 39.4 Å². The first kappa shape index (κ1) is 51.6. The van der Waals surface area contributed by atoms with Gasteiger partial charge in [-0.1, -0.05) is 130 Å². The first-order valence-electron chi connectivity index (χ1n) is 21.3. The lowest BCUT2D eigenvalue weighted by atomic mass is 9.99. The molecule has 0 bridgehead atoms. The zero-order valence-electron chi connectivity index (χ0n) is 34.8. The number of carbonyl (C=O) groups excluding carboxylic acids is 2. The quantitative estimate of drug-likeness (QED) is 0.0288. The number of unbranched alkanes of at least 4 members (excludes halogenated alkanes) is 6. The van der Waals surface area contributed by atoms with Crippen molar-refractivity contribution < 1.29 is 49.0 Å². The molecule has 0 amide bonds. The van der Waals surface area contributed by atoms with E-state index in [-0.39, 0.29) is 26.1 Å². The maximum atomic E-state index is 12.7. The average molecular weight is 799 g/mol. The van der Waals surface area contributed by atoms with E-state index in [1.807, 2.05) is 6.08 Å². The summed E-state index contributed by atoms with van der Waals surface area (Å²) in [7, 11) is 0. The third-order valence-electron chi connectivity index (χ3n) is 8.96. The van der Waals surface area contributed by atoms with Crippen molar-refractivity contribution in [2.24, 2.45) is 0 Å². The molecule has 1 fully saturated rings. The first-order valence-corrected chi connectivity index (χ1v) is 21.3. The maximum Gasteiger partial charge on any atom is 0.306 e. The van der Waals surface area contributed by atoms with E-state index in [4.69, 9.17) is 18.9 Å². The number of hydrogen-bond acceptors (Lipinski definition) is 10. The van der Waals surface area contributed by atoms with E-state index in [9.17, 15) is 30.0 Å². The molecule has 1 heterocycles. The Kier molecular flexibility index (Phi) is 33.5. The van der Waals surface area contributed by atoms with Gasteiger partial charge in [0.25, 0.3) is 0 Å². The molecule has 1 aliphatic heterocycles. The van der Waals surface area contributed by atoms with Gasteiger partial charge in [-0.05, 0) is 83.5 Å². The predicted octanol–water partition coefficient (Wildman–Crippen LogP) is 8.77. The number of aliphatic hydroxyl groups excluding tert-OH is 4. The monoisotopic (exact) mass is 799 g/mol. The highest BCUT2D eigenvalue weighted by atomic mass is 16.7. The third kappa shape index (κ3) is 28.6. The molecule has 0 radical (unpaired) electrons. The molecular weight excluding hydrogens is 725 g/mol. The fraction of sp³-hybridized carbons (Fsp3) is 0.617. The molecule has 57 heavy (non-hydrogen) atoms. The summed E-state index contributed by atoms with van der Waals surface area (Å²) in [6.07, 6.45) is 41.3. The highest BCUT2D eigenvalue weighted by Crippen LogP contribution is 2.22. The van der Waals surface area contributed by atoms with Gasteiger partial charge in [-0.2, -0.15) is 0 Å². The fourth-order valence-corrected chi connectivity index (χ4v) is 5.65. The van der Waals surface area contributed by atoms with Crippen molar-refractivity contribution in [1.29, 1.82) is 0 Å². The number of ether oxygens (including phenoxy) is 4. The smallest absolute Gasteiger partial charge is 0.306 e. The summed E-state index contributed by atoms with van der Waals surface area (Å²) >= 11 is 0. The van der Waals surface area contributed by atoms with Crippen LogP contribution in [-0.2, 0) is 28.5 Å². The van der Waals surface area contributed by atoms with Crippen LogP contribution in [0.2, 0.25) is 0 Å². The second-order valence-corrected chi connectivity index (χ2v) is 14.0. The highest BCUT2D eigenvalue weighted by molar-refractivity contribution is 5.70. The van der Waals surface area contributed by atoms with Crippen molar-refractivity contribution in [3.8, 4) is 0 Å². The van der Waals surface area contributed by atoms with Crippen LogP contribution in [0, 0.1) is 0 Å². The number of allylic oxidation sites excluding steroid dienone is 16. The Hall–Kier alpha value is -3.38. The maximum absolute atomic E-state index is 12.7. The Morgan fingerprint density at radius 3 is 1.53 bits per heavy atom. The van der Waals surface area contributed by atoms with E-state index in [0.29, 0.717) is 19.3 Å². The van der Waals surface area contributed by atoms with Crippen LogP contribution >= 0.6 is 0 Å². The van der Waals surface area contributed by atoms with E-state index in [1.54, 1.807) is 0 Å². The summed E-state index contributed by atoms with van der Waals surface area (Å²) in [5.74, 6) is -0.907. The molecule has 322 valence electrons. The molecule has 1 aliphatic rings. The Bertz CT molecular complexity index is 1240. The Labute approximate surface area is 343 Å². The molecular formula is C47H74O10. The molecule has 0 aromatic carbocycles. The zero-order chi connectivity index (χ0) is 41.6. The molecule has 10 heteroatoms. The number of aliphatic hydroxyl groups is 4. The third-order valence-corrected chi connectivity index (χ3v) is 8.96. The van der Waals surface area contributed by atoms with E-state index in [2.05, 4.69) is 105 Å². The number of hydrogen-bond donors (Lipinski definition) is 4. The molecule has 6 atom stereocenters. The molecule has 4 N–H and O–H groups in total. The fourth-order valence-electron chi connectivity index (χ4n) is 5.65. The first-order chi connectivity index (χ1) is 27.8. The SMILES string of the molecule is CC/C=C\C/C=C\C/C=C\C/C=C\C/C=C\CCCC(=O)OC[C@H](CO[C@@H]1OC(CO)[C@H](O)[C@@H](O)[C@H]1O)OC(=O)CCCCCCC/C=C\C/C=C\C/C=C\CC. The molecule has 10 nitrogen and oxygen atoms in total. The van der Waals surface area contributed by atoms with Crippen LogP contribution in [0.25, 0.3) is 0 Å². The largest absolute Gasteiger partial charge is 0.462 e. The Morgan fingerprint density at radius 2 is 1.00 bits per heavy atom. The molecule has 1 saturated heterocycles. The summed E-state index contributed by atoms with van der Waals surface area (Å²) in [6.45, 7) is 3.09. The van der Waals surface area contributed by atoms with Gasteiger partial charge in [0.1, 0.15) is 31.0 Å². The van der Waals surface area contributed by atoms with Crippen molar-refractivity contribution in [2.75, 3.05) is 19.8 Å². The van der Waals surface area contributed by atoms with Crippen LogP contribution in [0.4, 0.5) is 0 Å². The lowest BCUT2D eigenvalue weighted by Gasteiger charge is -2.39. The minimum Gasteiger partial charge on any atom is -0.462 e. The number of esters is 2. The standard InChI is InChI=1S/C47H74O10/c1-3-5-7-9-11-13-15-17-19-20-22-23-25-27-29-31-33-35-42(49)54-38-40(39-55-47-46(53)45(52)44(51)41(37-48)57-47)56-43(50)36-34-32-30-28-26-24-21-18-16-14-12-10-8-6-4-2/h5-8,11-14,17-19,21-23,27,29,40-41,44-48,51-53H,3-4,9-10,15-16,20,24-26,28,30-39H2,1-2H3/b7-5-,8-6-,13-11-,14-12-,19-17-,21-18-,23-22-,29-27-/t40-,41?,44+,45-,46-,47-/m1/s1. The van der Waals surface area contributed by atoms with E-state index < -0.39 is 55.4 Å². The van der Waals surface area contributed by atoms with Crippen LogP contribution in [0.3, 0.4) is 0 Å². The summed E-state index contributed by atoms with van der Waals surface area (Å²) < 4.78 is 22.0. The van der Waals surface area contributed by atoms with Gasteiger partial charge in [-0.15, -0.1) is 0 Å². The van der Waals surface area contributed by atoms with Gasteiger partial charge in [-0.3, -0.25) is 9.59 Å². The molecule has 1 rings (SSSR count). The van der Waals surface area contributed by atoms with Gasteiger partial charge in [-0.25, -0.2) is 0 Å². The number of rotatable bonds is 33. The zero-order valence-corrected chi connectivity index (χ0v) is 34.8. The van der Waals surface area contributed by atoms with Gasteiger partial charge in [0.15, 0.2) is 12.4 Å². The molecule has 1 unspecified atom stereocenters. The van der Waals surface area contributed by atoms with Gasteiger partial charge in [0, 0.05) is 12.8 Å². The van der Waals surface area contributed by atoms with Crippen LogP contribution in [0.1, 0.15) is 129 Å². The Balaban J connectivity index is 2.42. The second-order valence-electron chi connectivity index (χ2n) is 14.0. The van der Waals surface area contributed by atoms with Crippen LogP contribution in [0.15, 0.2) is 97.2 Å². The van der Waals surface area contributed by atoms with Crippen LogP contribution in [-0.4, -0.2) is 89.0 Å². The molecule has 0 aromatic rings. The van der Waals surface area contributed by atoms with Crippen molar-refractivity contribution in [3.63, 3.8) is 0 Å². The van der Waals surface area contributed by atoms with Crippen LogP contribution < -0.4 is 0 Å². The summed E-state index contributed by atoms with van der Waals surface area (Å²) in [4.78, 5) is 25.3. The van der Waals surface area contributed by atoms with Crippen molar-refractivity contribution in [1.82, 2.24) is 0 Å². The van der Waals surface area contributed by atoms with Crippen molar-refractivity contribution in [2.45, 2.75) is 166 Å². The summed E-state index contributed by atoms with van der Waals surface area (Å²) in [5.41, 5.74) is 0. The van der Waals surface area contributed by atoms with E-state index in [0.717, 1.165) is 83.5 Å².